The Kier molecular flexibility index (Phi) is 2.56. The third kappa shape index (κ3) is 1.77. The minimum absolute atomic E-state index is 0.736. The lowest BCUT2D eigenvalue weighted by atomic mass is 10.2. The Morgan fingerprint density at radius 2 is 1.61 bits per heavy atom. The Balaban J connectivity index is 2.32. The quantitative estimate of drug-likeness (QED) is 0.642. The number of hydrogen-bond acceptors (Lipinski definition) is 1. The minimum Gasteiger partial charge on any atom is -0.330 e. The van der Waals surface area contributed by atoms with E-state index in [1.54, 1.807) is 0 Å². The van der Waals surface area contributed by atoms with E-state index in [-0.39, 0.29) is 0 Å². The zero-order valence-corrected chi connectivity index (χ0v) is 11.2. The maximum atomic E-state index is 5.42. The van der Waals surface area contributed by atoms with Crippen molar-refractivity contribution in [1.82, 2.24) is 9.55 Å². The fraction of sp³-hybridized carbons (Fsp3) is 0.133. The van der Waals surface area contributed by atoms with Gasteiger partial charge in [-0.1, -0.05) is 23.8 Å². The van der Waals surface area contributed by atoms with Gasteiger partial charge in [0.25, 0.3) is 0 Å². The summed E-state index contributed by atoms with van der Waals surface area (Å²) in [7, 11) is 0. The Morgan fingerprint density at radius 3 is 2.33 bits per heavy atom. The first kappa shape index (κ1) is 11.2. The average molecular weight is 254 g/mol. The van der Waals surface area contributed by atoms with Crippen molar-refractivity contribution in [2.75, 3.05) is 0 Å². The Morgan fingerprint density at radius 1 is 0.944 bits per heavy atom. The number of benzene rings is 2. The van der Waals surface area contributed by atoms with E-state index in [1.807, 2.05) is 0 Å². The average Bonchev–Trinajstić information content (AvgIpc) is 2.65. The first-order chi connectivity index (χ1) is 8.65. The molecule has 18 heavy (non-hydrogen) atoms. The number of nitrogens with zero attached hydrogens (tertiary/aromatic N) is 1. The summed E-state index contributed by atoms with van der Waals surface area (Å²) in [5.74, 6) is 0. The maximum absolute atomic E-state index is 5.42. The molecule has 3 heteroatoms. The number of H-pyrrole nitrogens is 1. The zero-order valence-electron chi connectivity index (χ0n) is 10.4. The molecule has 0 fully saturated rings. The number of nitrogens with one attached hydrogen (secondary N) is 1. The van der Waals surface area contributed by atoms with Crippen molar-refractivity contribution in [1.29, 1.82) is 0 Å². The molecule has 2 aromatic carbocycles. The predicted molar refractivity (Wildman–Crippen MR) is 77.9 cm³/mol. The van der Waals surface area contributed by atoms with E-state index < -0.39 is 0 Å². The maximum Gasteiger partial charge on any atom is 0.182 e. The molecule has 90 valence electrons. The zero-order chi connectivity index (χ0) is 12.7. The second kappa shape index (κ2) is 4.10. The van der Waals surface area contributed by atoms with Gasteiger partial charge in [0.15, 0.2) is 4.77 Å². The third-order valence-corrected chi connectivity index (χ3v) is 3.41. The monoisotopic (exact) mass is 254 g/mol. The number of aromatic nitrogens is 2. The Bertz CT molecular complexity index is 763. The standard InChI is InChI=1S/C15H14N2S/c1-10-3-6-12(7-4-10)17-14-8-5-11(2)9-13(14)16-15(17)18/h3-9H,1-2H3,(H,16,18). The molecular formula is C15H14N2S. The summed E-state index contributed by atoms with van der Waals surface area (Å²) in [5, 5.41) is 0. The number of fused-ring (bicyclic) bond motifs is 1. The fourth-order valence-electron chi connectivity index (χ4n) is 2.18. The van der Waals surface area contributed by atoms with Crippen molar-refractivity contribution in [2.45, 2.75) is 13.8 Å². The van der Waals surface area contributed by atoms with Crippen molar-refractivity contribution >= 4 is 23.3 Å². The van der Waals surface area contributed by atoms with E-state index in [0.717, 1.165) is 21.5 Å². The number of imidazole rings is 1. The van der Waals surface area contributed by atoms with Gasteiger partial charge in [-0.2, -0.15) is 0 Å². The molecule has 0 saturated heterocycles. The molecule has 3 aromatic rings. The van der Waals surface area contributed by atoms with E-state index in [2.05, 4.69) is 65.9 Å². The van der Waals surface area contributed by atoms with Gasteiger partial charge in [0.2, 0.25) is 0 Å². The highest BCUT2D eigenvalue weighted by atomic mass is 32.1. The smallest absolute Gasteiger partial charge is 0.182 e. The molecule has 0 aliphatic carbocycles. The first-order valence-corrected chi connectivity index (χ1v) is 6.34. The second-order valence-corrected chi connectivity index (χ2v) is 5.01. The summed E-state index contributed by atoms with van der Waals surface area (Å²) in [5.41, 5.74) is 5.78. The van der Waals surface area contributed by atoms with E-state index >= 15 is 0 Å². The number of rotatable bonds is 1. The van der Waals surface area contributed by atoms with Crippen LogP contribution in [0, 0.1) is 18.6 Å². The van der Waals surface area contributed by atoms with Crippen molar-refractivity contribution in [2.24, 2.45) is 0 Å². The summed E-state index contributed by atoms with van der Waals surface area (Å²) in [6, 6.07) is 14.7. The van der Waals surface area contributed by atoms with Crippen LogP contribution in [0.1, 0.15) is 11.1 Å². The van der Waals surface area contributed by atoms with Gasteiger partial charge >= 0.3 is 0 Å². The number of hydrogen-bond donors (Lipinski definition) is 1. The van der Waals surface area contributed by atoms with E-state index in [9.17, 15) is 0 Å². The summed E-state index contributed by atoms with van der Waals surface area (Å²) >= 11 is 5.42. The van der Waals surface area contributed by atoms with Gasteiger partial charge in [-0.3, -0.25) is 4.57 Å². The Hall–Kier alpha value is -1.87. The van der Waals surface area contributed by atoms with Crippen LogP contribution in [0.5, 0.6) is 0 Å². The number of aromatic amines is 1. The fourth-order valence-corrected chi connectivity index (χ4v) is 2.49. The van der Waals surface area contributed by atoms with Crippen molar-refractivity contribution < 1.29 is 0 Å². The molecule has 0 aliphatic heterocycles. The molecule has 1 heterocycles. The molecule has 0 radical (unpaired) electrons. The van der Waals surface area contributed by atoms with Gasteiger partial charge in [0, 0.05) is 5.69 Å². The summed E-state index contributed by atoms with van der Waals surface area (Å²) < 4.78 is 2.81. The molecule has 0 saturated carbocycles. The summed E-state index contributed by atoms with van der Waals surface area (Å²) in [6.45, 7) is 4.17. The summed E-state index contributed by atoms with van der Waals surface area (Å²) in [4.78, 5) is 3.26. The molecule has 1 N–H and O–H groups in total. The van der Waals surface area contributed by atoms with Crippen molar-refractivity contribution in [3.63, 3.8) is 0 Å². The van der Waals surface area contributed by atoms with Crippen LogP contribution in [-0.2, 0) is 0 Å². The molecule has 2 nitrogen and oxygen atoms in total. The molecule has 0 amide bonds. The van der Waals surface area contributed by atoms with E-state index in [1.165, 1.54) is 11.1 Å². The molecular weight excluding hydrogens is 240 g/mol. The second-order valence-electron chi connectivity index (χ2n) is 4.62. The molecule has 0 aliphatic rings. The van der Waals surface area contributed by atoms with E-state index in [4.69, 9.17) is 12.2 Å². The van der Waals surface area contributed by atoms with Gasteiger partial charge in [0.05, 0.1) is 11.0 Å². The van der Waals surface area contributed by atoms with Gasteiger partial charge in [-0.25, -0.2) is 0 Å². The SMILES string of the molecule is Cc1ccc(-n2c(=S)[nH]c3cc(C)ccc32)cc1. The van der Waals surface area contributed by atoms with Crippen LogP contribution in [0.3, 0.4) is 0 Å². The highest BCUT2D eigenvalue weighted by molar-refractivity contribution is 7.71. The molecule has 0 bridgehead atoms. The van der Waals surface area contributed by atoms with Gasteiger partial charge in [-0.05, 0) is 55.9 Å². The van der Waals surface area contributed by atoms with Gasteiger partial charge in [0.1, 0.15) is 0 Å². The van der Waals surface area contributed by atoms with Crippen LogP contribution in [-0.4, -0.2) is 9.55 Å². The first-order valence-electron chi connectivity index (χ1n) is 5.93. The van der Waals surface area contributed by atoms with Crippen molar-refractivity contribution in [3.8, 4) is 5.69 Å². The molecule has 0 atom stereocenters. The highest BCUT2D eigenvalue weighted by Crippen LogP contribution is 2.20. The lowest BCUT2D eigenvalue weighted by Crippen LogP contribution is -1.93. The van der Waals surface area contributed by atoms with Crippen molar-refractivity contribution in [3.05, 3.63) is 58.4 Å². The lowest BCUT2D eigenvalue weighted by Gasteiger charge is -2.05. The molecule has 1 aromatic heterocycles. The third-order valence-electron chi connectivity index (χ3n) is 3.13. The van der Waals surface area contributed by atoms with Crippen LogP contribution < -0.4 is 0 Å². The van der Waals surface area contributed by atoms with Crippen LogP contribution >= 0.6 is 12.2 Å². The number of aryl methyl sites for hydroxylation is 2. The van der Waals surface area contributed by atoms with Crippen LogP contribution in [0.4, 0.5) is 0 Å². The van der Waals surface area contributed by atoms with Crippen LogP contribution in [0.2, 0.25) is 0 Å². The highest BCUT2D eigenvalue weighted by Gasteiger charge is 2.06. The van der Waals surface area contributed by atoms with Gasteiger partial charge in [-0.15, -0.1) is 0 Å². The predicted octanol–water partition coefficient (Wildman–Crippen LogP) is 4.30. The van der Waals surface area contributed by atoms with Crippen LogP contribution in [0.15, 0.2) is 42.5 Å². The van der Waals surface area contributed by atoms with Gasteiger partial charge < -0.3 is 4.98 Å². The molecule has 3 rings (SSSR count). The Labute approximate surface area is 111 Å². The topological polar surface area (TPSA) is 20.7 Å². The minimum atomic E-state index is 0.736. The largest absolute Gasteiger partial charge is 0.330 e. The molecule has 0 unspecified atom stereocenters. The van der Waals surface area contributed by atoms with Crippen LogP contribution in [0.25, 0.3) is 16.7 Å². The van der Waals surface area contributed by atoms with E-state index in [0.29, 0.717) is 0 Å². The normalized spacial score (nSPS) is 11.0. The lowest BCUT2D eigenvalue weighted by molar-refractivity contribution is 1.06. The summed E-state index contributed by atoms with van der Waals surface area (Å²) in [6.07, 6.45) is 0. The molecule has 0 spiro atoms.